The number of urea groups is 1. The number of aromatic amines is 1. The van der Waals surface area contributed by atoms with Gasteiger partial charge in [0.1, 0.15) is 11.6 Å². The number of ether oxygens (including phenoxy) is 1. The number of carbonyl (C=O) groups is 4. The average molecular weight is 574 g/mol. The molecule has 42 heavy (non-hydrogen) atoms. The van der Waals surface area contributed by atoms with Crippen LogP contribution in [0.2, 0.25) is 0 Å². The molecule has 2 aromatic carbocycles. The number of H-pyrrole nitrogens is 1. The van der Waals surface area contributed by atoms with Crippen LogP contribution in [0.5, 0.6) is 0 Å². The van der Waals surface area contributed by atoms with Gasteiger partial charge >= 0.3 is 12.1 Å². The van der Waals surface area contributed by atoms with Gasteiger partial charge in [-0.05, 0) is 57.7 Å². The van der Waals surface area contributed by atoms with Gasteiger partial charge in [0.2, 0.25) is 11.8 Å². The van der Waals surface area contributed by atoms with E-state index in [2.05, 4.69) is 15.6 Å². The molecule has 4 atom stereocenters. The Morgan fingerprint density at radius 1 is 1.07 bits per heavy atom. The second kappa shape index (κ2) is 11.9. The fraction of sp³-hybridized carbons (Fsp3) is 0.438. The number of nitrogens with zero attached hydrogens (tertiary/aromatic N) is 2. The fourth-order valence-electron chi connectivity index (χ4n) is 5.96. The number of hydrogen-bond donors (Lipinski definition) is 3. The van der Waals surface area contributed by atoms with Crippen LogP contribution in [0.3, 0.4) is 0 Å². The van der Waals surface area contributed by atoms with Crippen molar-refractivity contribution in [1.82, 2.24) is 25.4 Å². The van der Waals surface area contributed by atoms with Gasteiger partial charge in [-0.25, -0.2) is 9.59 Å². The summed E-state index contributed by atoms with van der Waals surface area (Å²) < 4.78 is 5.46. The summed E-state index contributed by atoms with van der Waals surface area (Å²) >= 11 is 0. The van der Waals surface area contributed by atoms with E-state index in [1.54, 1.807) is 25.7 Å². The fourth-order valence-corrected chi connectivity index (χ4v) is 5.96. The smallest absolute Gasteiger partial charge is 0.408 e. The van der Waals surface area contributed by atoms with Crippen molar-refractivity contribution in [2.45, 2.75) is 83.1 Å². The summed E-state index contributed by atoms with van der Waals surface area (Å²) in [5.41, 5.74) is 1.95. The third-order valence-electron chi connectivity index (χ3n) is 7.99. The highest BCUT2D eigenvalue weighted by Gasteiger charge is 2.46. The first kappa shape index (κ1) is 29.2. The maximum absolute atomic E-state index is 13.8. The maximum Gasteiger partial charge on any atom is 0.408 e. The van der Waals surface area contributed by atoms with Crippen LogP contribution in [-0.4, -0.2) is 69.0 Å². The maximum atomic E-state index is 13.8. The quantitative estimate of drug-likeness (QED) is 0.379. The van der Waals surface area contributed by atoms with Crippen molar-refractivity contribution in [1.29, 1.82) is 0 Å². The molecule has 2 aliphatic heterocycles. The van der Waals surface area contributed by atoms with Crippen molar-refractivity contribution in [3.8, 4) is 0 Å². The van der Waals surface area contributed by atoms with E-state index in [-0.39, 0.29) is 24.8 Å². The van der Waals surface area contributed by atoms with Crippen molar-refractivity contribution in [3.63, 3.8) is 0 Å². The Morgan fingerprint density at radius 2 is 1.79 bits per heavy atom. The van der Waals surface area contributed by atoms with E-state index < -0.39 is 41.8 Å². The van der Waals surface area contributed by atoms with Crippen LogP contribution < -0.4 is 10.6 Å². The van der Waals surface area contributed by atoms with Gasteiger partial charge in [-0.2, -0.15) is 0 Å². The van der Waals surface area contributed by atoms with Gasteiger partial charge in [-0.3, -0.25) is 14.5 Å². The molecule has 2 aliphatic rings. The zero-order chi connectivity index (χ0) is 30.0. The van der Waals surface area contributed by atoms with E-state index in [1.165, 1.54) is 4.90 Å². The summed E-state index contributed by atoms with van der Waals surface area (Å²) in [5, 5.41) is 6.79. The molecule has 3 heterocycles. The molecule has 0 aliphatic carbocycles. The summed E-state index contributed by atoms with van der Waals surface area (Å²) in [6.07, 6.45) is 2.79. The number of aromatic nitrogens is 1. The summed E-state index contributed by atoms with van der Waals surface area (Å²) in [6, 6.07) is 14.7. The minimum Gasteiger partial charge on any atom is -0.444 e. The first-order chi connectivity index (χ1) is 20.0. The van der Waals surface area contributed by atoms with E-state index in [4.69, 9.17) is 4.74 Å². The number of nitrogens with one attached hydrogen (secondary N) is 3. The Labute approximate surface area is 245 Å². The molecule has 1 aromatic heterocycles. The van der Waals surface area contributed by atoms with Crippen molar-refractivity contribution in [3.05, 3.63) is 71.9 Å². The predicted molar refractivity (Wildman–Crippen MR) is 159 cm³/mol. The van der Waals surface area contributed by atoms with Crippen LogP contribution in [0.25, 0.3) is 10.9 Å². The molecule has 10 heteroatoms. The molecular formula is C32H39N5O5. The minimum atomic E-state index is -0.931. The number of hydrogen-bond acceptors (Lipinski definition) is 5. The molecule has 3 N–H and O–H groups in total. The molecular weight excluding hydrogens is 534 g/mol. The number of benzene rings is 2. The number of alkyl carbamates (subject to hydrolysis) is 1. The molecule has 10 nitrogen and oxygen atoms in total. The lowest BCUT2D eigenvalue weighted by Gasteiger charge is -2.48. The van der Waals surface area contributed by atoms with E-state index in [0.717, 1.165) is 22.0 Å². The van der Waals surface area contributed by atoms with Crippen LogP contribution in [0, 0.1) is 0 Å². The highest BCUT2D eigenvalue weighted by molar-refractivity contribution is 5.98. The molecule has 0 radical (unpaired) electrons. The first-order valence-electron chi connectivity index (χ1n) is 14.5. The summed E-state index contributed by atoms with van der Waals surface area (Å²) in [7, 11) is 0. The molecule has 0 saturated carbocycles. The lowest BCUT2D eigenvalue weighted by Crippen LogP contribution is -2.66. The average Bonchev–Trinajstić information content (AvgIpc) is 3.35. The summed E-state index contributed by atoms with van der Waals surface area (Å²) in [4.78, 5) is 59.8. The van der Waals surface area contributed by atoms with Gasteiger partial charge in [-0.1, -0.05) is 48.5 Å². The first-order valence-corrected chi connectivity index (χ1v) is 14.5. The Morgan fingerprint density at radius 3 is 2.52 bits per heavy atom. The van der Waals surface area contributed by atoms with Crippen molar-refractivity contribution in [2.75, 3.05) is 6.54 Å². The molecule has 5 amide bonds. The van der Waals surface area contributed by atoms with Crippen molar-refractivity contribution < 1.29 is 23.9 Å². The number of carbonyl (C=O) groups excluding carboxylic acids is 4. The Hall–Kier alpha value is -4.34. The second-order valence-corrected chi connectivity index (χ2v) is 12.1. The monoisotopic (exact) mass is 573 g/mol. The minimum absolute atomic E-state index is 0.112. The normalized spacial score (nSPS) is 20.6. The number of amides is 5. The highest BCUT2D eigenvalue weighted by Crippen LogP contribution is 2.32. The third-order valence-corrected chi connectivity index (χ3v) is 7.99. The van der Waals surface area contributed by atoms with Crippen LogP contribution in [-0.2, 0) is 20.7 Å². The molecule has 3 aromatic rings. The number of imide groups is 1. The largest absolute Gasteiger partial charge is 0.444 e. The molecule has 222 valence electrons. The standard InChI is InChI=1S/C32H39N5O5/c1-20(21-11-6-5-7-12-21)37-28(38)18-27-25(15-10-16-36(27)31(37)41)34-29(39)26(35-30(40)42-32(2,3)4)17-22-19-33-24-14-9-8-13-23(22)24/h5-9,11-14,19-20,25-27,33H,10,15-18H2,1-4H3,(H,34,39)(H,35,40)/t20-,25+,26-,27-/m0/s1. The zero-order valence-electron chi connectivity index (χ0n) is 24.6. The highest BCUT2D eigenvalue weighted by atomic mass is 16.6. The van der Waals surface area contributed by atoms with Crippen LogP contribution >= 0.6 is 0 Å². The predicted octanol–water partition coefficient (Wildman–Crippen LogP) is 4.67. The molecule has 0 unspecified atom stereocenters. The molecule has 0 bridgehead atoms. The van der Waals surface area contributed by atoms with Gasteiger partial charge in [-0.15, -0.1) is 0 Å². The van der Waals surface area contributed by atoms with Crippen LogP contribution in [0.15, 0.2) is 60.8 Å². The van der Waals surface area contributed by atoms with Crippen molar-refractivity contribution >= 4 is 34.8 Å². The van der Waals surface area contributed by atoms with Crippen LogP contribution in [0.4, 0.5) is 9.59 Å². The number of piperidine rings is 1. The lowest BCUT2D eigenvalue weighted by molar-refractivity contribution is -0.137. The summed E-state index contributed by atoms with van der Waals surface area (Å²) in [6.45, 7) is 7.65. The molecule has 2 saturated heterocycles. The molecule has 2 fully saturated rings. The second-order valence-electron chi connectivity index (χ2n) is 12.1. The van der Waals surface area contributed by atoms with E-state index in [9.17, 15) is 19.2 Å². The van der Waals surface area contributed by atoms with Crippen LogP contribution in [0.1, 0.15) is 64.1 Å². The van der Waals surface area contributed by atoms with E-state index >= 15 is 0 Å². The Kier molecular flexibility index (Phi) is 8.24. The van der Waals surface area contributed by atoms with Gasteiger partial charge in [0.15, 0.2) is 0 Å². The van der Waals surface area contributed by atoms with Gasteiger partial charge < -0.3 is 25.3 Å². The lowest BCUT2D eigenvalue weighted by atomic mass is 9.90. The number of rotatable bonds is 7. The van der Waals surface area contributed by atoms with E-state index in [1.807, 2.05) is 67.7 Å². The van der Waals surface area contributed by atoms with E-state index in [0.29, 0.717) is 19.4 Å². The Bertz CT molecular complexity index is 1460. The SMILES string of the molecule is C[C@@H](c1ccccc1)N1C(=O)C[C@H]2[C@H](NC(=O)[C@H](Cc3c[nH]c4ccccc34)NC(=O)OC(C)(C)C)CCCN2C1=O. The Balaban J connectivity index is 1.33. The number of fused-ring (bicyclic) bond motifs is 2. The molecule has 5 rings (SSSR count). The molecule has 0 spiro atoms. The topological polar surface area (TPSA) is 124 Å². The zero-order valence-corrected chi connectivity index (χ0v) is 24.6. The van der Waals surface area contributed by atoms with Gasteiger partial charge in [0, 0.05) is 42.5 Å². The van der Waals surface area contributed by atoms with Crippen molar-refractivity contribution in [2.24, 2.45) is 0 Å². The van der Waals surface area contributed by atoms with Gasteiger partial charge in [0.25, 0.3) is 0 Å². The summed E-state index contributed by atoms with van der Waals surface area (Å²) in [5.74, 6) is -0.654. The van der Waals surface area contributed by atoms with Gasteiger partial charge in [0.05, 0.1) is 12.1 Å². The third kappa shape index (κ3) is 6.27. The number of para-hydroxylation sites is 1.